The molecule has 1 fully saturated rings. The van der Waals surface area contributed by atoms with E-state index in [-0.39, 0.29) is 11.6 Å². The molecule has 1 N–H and O–H groups in total. The van der Waals surface area contributed by atoms with E-state index in [2.05, 4.69) is 57.3 Å². The maximum Gasteiger partial charge on any atom is 0.348 e. The average molecular weight is 450 g/mol. The zero-order valence-corrected chi connectivity index (χ0v) is 19.0. The fraction of sp³-hybridized carbons (Fsp3) is 0.250. The summed E-state index contributed by atoms with van der Waals surface area (Å²) < 4.78 is 1.51. The van der Waals surface area contributed by atoms with Crippen molar-refractivity contribution >= 4 is 21.5 Å². The predicted molar refractivity (Wildman–Crippen MR) is 136 cm³/mol. The summed E-state index contributed by atoms with van der Waals surface area (Å²) in [5, 5.41) is 9.35. The monoisotopic (exact) mass is 449 g/mol. The Balaban J connectivity index is 1.21. The van der Waals surface area contributed by atoms with Gasteiger partial charge in [-0.15, -0.1) is 5.10 Å². The summed E-state index contributed by atoms with van der Waals surface area (Å²) in [6, 6.07) is 23.0. The van der Waals surface area contributed by atoms with Gasteiger partial charge >= 0.3 is 5.69 Å². The SMILES string of the molecule is O=c1[nH]c(C2CCCN(CCc3cccc4ccccc34)C2)nn1-c1cccc2cnccc12. The second-order valence-corrected chi connectivity index (χ2v) is 9.13. The van der Waals surface area contributed by atoms with Crippen molar-refractivity contribution in [1.29, 1.82) is 0 Å². The highest BCUT2D eigenvalue weighted by Gasteiger charge is 2.25. The third-order valence-electron chi connectivity index (χ3n) is 6.99. The van der Waals surface area contributed by atoms with E-state index in [0.29, 0.717) is 0 Å². The summed E-state index contributed by atoms with van der Waals surface area (Å²) in [6.45, 7) is 3.01. The van der Waals surface area contributed by atoms with E-state index in [1.807, 2.05) is 30.5 Å². The van der Waals surface area contributed by atoms with Crippen LogP contribution in [0, 0.1) is 0 Å². The maximum atomic E-state index is 12.9. The molecule has 1 aliphatic rings. The minimum atomic E-state index is -0.188. The number of aromatic amines is 1. The summed E-state index contributed by atoms with van der Waals surface area (Å²) in [6.07, 6.45) is 6.72. The second-order valence-electron chi connectivity index (χ2n) is 9.13. The number of pyridine rings is 1. The smallest absolute Gasteiger partial charge is 0.302 e. The Morgan fingerprint density at radius 2 is 1.79 bits per heavy atom. The first-order valence-electron chi connectivity index (χ1n) is 12.0. The van der Waals surface area contributed by atoms with E-state index in [9.17, 15) is 4.79 Å². The Kier molecular flexibility index (Phi) is 5.43. The van der Waals surface area contributed by atoms with Crippen LogP contribution in [0.4, 0.5) is 0 Å². The molecule has 0 bridgehead atoms. The van der Waals surface area contributed by atoms with Crippen LogP contribution in [-0.2, 0) is 6.42 Å². The van der Waals surface area contributed by atoms with Crippen LogP contribution in [0.1, 0.15) is 30.1 Å². The summed E-state index contributed by atoms with van der Waals surface area (Å²) in [5.74, 6) is 1.01. The lowest BCUT2D eigenvalue weighted by molar-refractivity contribution is 0.206. The Bertz CT molecular complexity index is 1510. The van der Waals surface area contributed by atoms with Gasteiger partial charge in [-0.05, 0) is 54.3 Å². The minimum Gasteiger partial charge on any atom is -0.302 e. The van der Waals surface area contributed by atoms with Crippen molar-refractivity contribution in [3.63, 3.8) is 0 Å². The number of likely N-dealkylation sites (tertiary alicyclic amines) is 1. The van der Waals surface area contributed by atoms with Gasteiger partial charge in [-0.3, -0.25) is 9.97 Å². The summed E-state index contributed by atoms with van der Waals surface area (Å²) >= 11 is 0. The van der Waals surface area contributed by atoms with Gasteiger partial charge in [-0.1, -0.05) is 54.6 Å². The molecule has 2 aromatic heterocycles. The largest absolute Gasteiger partial charge is 0.348 e. The molecule has 1 saturated heterocycles. The van der Waals surface area contributed by atoms with Crippen LogP contribution in [0.3, 0.4) is 0 Å². The summed E-state index contributed by atoms with van der Waals surface area (Å²) in [7, 11) is 0. The van der Waals surface area contributed by atoms with Gasteiger partial charge in [0.2, 0.25) is 0 Å². The molecule has 3 heterocycles. The van der Waals surface area contributed by atoms with Gasteiger partial charge in [0.25, 0.3) is 0 Å². The molecule has 0 saturated carbocycles. The molecule has 1 aliphatic heterocycles. The highest BCUT2D eigenvalue weighted by molar-refractivity contribution is 5.89. The molecule has 3 aromatic carbocycles. The highest BCUT2D eigenvalue weighted by atomic mass is 16.1. The molecule has 6 nitrogen and oxygen atoms in total. The number of piperidine rings is 1. The lowest BCUT2D eigenvalue weighted by Gasteiger charge is -2.31. The van der Waals surface area contributed by atoms with Crippen LogP contribution in [0.25, 0.3) is 27.2 Å². The van der Waals surface area contributed by atoms with Crippen LogP contribution in [0.15, 0.2) is 83.9 Å². The molecule has 170 valence electrons. The van der Waals surface area contributed by atoms with Gasteiger partial charge < -0.3 is 4.90 Å². The zero-order valence-electron chi connectivity index (χ0n) is 19.0. The van der Waals surface area contributed by atoms with Gasteiger partial charge in [0.05, 0.1) is 5.69 Å². The van der Waals surface area contributed by atoms with E-state index in [4.69, 9.17) is 5.10 Å². The number of hydrogen-bond donors (Lipinski definition) is 1. The zero-order chi connectivity index (χ0) is 22.9. The lowest BCUT2D eigenvalue weighted by Crippen LogP contribution is -2.36. The van der Waals surface area contributed by atoms with Crippen molar-refractivity contribution in [2.75, 3.05) is 19.6 Å². The van der Waals surface area contributed by atoms with Crippen LogP contribution in [0.2, 0.25) is 0 Å². The molecule has 6 heteroatoms. The first-order chi connectivity index (χ1) is 16.8. The summed E-state index contributed by atoms with van der Waals surface area (Å²) in [4.78, 5) is 22.6. The van der Waals surface area contributed by atoms with Gasteiger partial charge in [-0.2, -0.15) is 4.68 Å². The molecular weight excluding hydrogens is 422 g/mol. The molecule has 5 aromatic rings. The number of nitrogens with one attached hydrogen (secondary N) is 1. The Morgan fingerprint density at radius 3 is 2.76 bits per heavy atom. The van der Waals surface area contributed by atoms with Crippen LogP contribution < -0.4 is 5.69 Å². The number of H-pyrrole nitrogens is 1. The molecule has 0 amide bonds. The molecule has 1 atom stereocenters. The molecular formula is C28H27N5O. The average Bonchev–Trinajstić information content (AvgIpc) is 3.28. The van der Waals surface area contributed by atoms with Gasteiger partial charge in [0.15, 0.2) is 0 Å². The van der Waals surface area contributed by atoms with E-state index in [1.165, 1.54) is 21.0 Å². The third kappa shape index (κ3) is 3.90. The van der Waals surface area contributed by atoms with Crippen LogP contribution in [0.5, 0.6) is 0 Å². The first-order valence-corrected chi connectivity index (χ1v) is 12.0. The lowest BCUT2D eigenvalue weighted by atomic mass is 9.96. The number of rotatable bonds is 5. The standard InChI is InChI=1S/C28H27N5O/c34-28-30-27(31-33(28)26-12-4-9-22-18-29-15-13-25(22)26)23-10-5-16-32(19-23)17-14-21-8-3-7-20-6-1-2-11-24(20)21/h1-4,6-9,11-13,15,18,23H,5,10,14,16-17,19H2,(H,30,31,34). The van der Waals surface area contributed by atoms with Crippen molar-refractivity contribution in [3.8, 4) is 5.69 Å². The quantitative estimate of drug-likeness (QED) is 0.423. The third-order valence-corrected chi connectivity index (χ3v) is 6.99. The number of benzene rings is 3. The van der Waals surface area contributed by atoms with Crippen LogP contribution in [-0.4, -0.2) is 44.3 Å². The Labute approximate surface area is 197 Å². The normalized spacial score (nSPS) is 16.9. The van der Waals surface area contributed by atoms with Crippen molar-refractivity contribution in [1.82, 2.24) is 24.6 Å². The van der Waals surface area contributed by atoms with E-state index in [0.717, 1.165) is 61.2 Å². The van der Waals surface area contributed by atoms with Crippen molar-refractivity contribution in [2.24, 2.45) is 0 Å². The van der Waals surface area contributed by atoms with Crippen molar-refractivity contribution in [2.45, 2.75) is 25.2 Å². The summed E-state index contributed by atoms with van der Waals surface area (Å²) in [5.41, 5.74) is 1.99. The fourth-order valence-electron chi connectivity index (χ4n) is 5.25. The number of nitrogens with zero attached hydrogens (tertiary/aromatic N) is 4. The second kappa shape index (κ2) is 8.88. The molecule has 1 unspecified atom stereocenters. The van der Waals surface area contributed by atoms with E-state index < -0.39 is 0 Å². The van der Waals surface area contributed by atoms with Crippen LogP contribution >= 0.6 is 0 Å². The van der Waals surface area contributed by atoms with E-state index in [1.54, 1.807) is 6.20 Å². The maximum absolute atomic E-state index is 12.9. The number of fused-ring (bicyclic) bond motifs is 2. The highest BCUT2D eigenvalue weighted by Crippen LogP contribution is 2.26. The molecule has 6 rings (SSSR count). The minimum absolute atomic E-state index is 0.188. The first kappa shape index (κ1) is 20.8. The number of aromatic nitrogens is 4. The van der Waals surface area contributed by atoms with Gasteiger partial charge in [-0.25, -0.2) is 4.79 Å². The van der Waals surface area contributed by atoms with Gasteiger partial charge in [0, 0.05) is 42.2 Å². The molecule has 34 heavy (non-hydrogen) atoms. The van der Waals surface area contributed by atoms with E-state index >= 15 is 0 Å². The fourth-order valence-corrected chi connectivity index (χ4v) is 5.25. The van der Waals surface area contributed by atoms with Gasteiger partial charge in [0.1, 0.15) is 5.82 Å². The molecule has 0 radical (unpaired) electrons. The molecule has 0 spiro atoms. The Morgan fingerprint density at radius 1 is 0.941 bits per heavy atom. The predicted octanol–water partition coefficient (Wildman–Crippen LogP) is 4.68. The van der Waals surface area contributed by atoms with Crippen molar-refractivity contribution < 1.29 is 0 Å². The van der Waals surface area contributed by atoms with Crippen molar-refractivity contribution in [3.05, 3.63) is 101 Å². The Hall–Kier alpha value is -3.77. The number of hydrogen-bond acceptors (Lipinski definition) is 4. The topological polar surface area (TPSA) is 66.8 Å². The molecule has 0 aliphatic carbocycles.